The lowest BCUT2D eigenvalue weighted by molar-refractivity contribution is -0.125. The molecular formula is C29H22ClFN4O2. The maximum Gasteiger partial charge on any atom is 0.272 e. The third-order valence-corrected chi connectivity index (χ3v) is 6.49. The van der Waals surface area contributed by atoms with Crippen molar-refractivity contribution in [2.45, 2.75) is 12.6 Å². The Balaban J connectivity index is 0.00000280. The molecule has 37 heavy (non-hydrogen) atoms. The first-order chi connectivity index (χ1) is 17.6. The Morgan fingerprint density at radius 2 is 1.78 bits per heavy atom. The van der Waals surface area contributed by atoms with Gasteiger partial charge in [0.25, 0.3) is 5.91 Å². The predicted molar refractivity (Wildman–Crippen MR) is 144 cm³/mol. The molecular weight excluding hydrogens is 491 g/mol. The van der Waals surface area contributed by atoms with E-state index in [9.17, 15) is 14.0 Å². The number of hydrogen-bond donors (Lipinski definition) is 1. The van der Waals surface area contributed by atoms with Crippen molar-refractivity contribution in [3.8, 4) is 0 Å². The van der Waals surface area contributed by atoms with Crippen molar-refractivity contribution in [2.75, 3.05) is 11.4 Å². The van der Waals surface area contributed by atoms with E-state index in [0.29, 0.717) is 24.2 Å². The Bertz CT molecular complexity index is 1590. The van der Waals surface area contributed by atoms with Gasteiger partial charge in [-0.05, 0) is 36.3 Å². The smallest absolute Gasteiger partial charge is 0.272 e. The van der Waals surface area contributed by atoms with Crippen molar-refractivity contribution in [1.82, 2.24) is 10.3 Å². The van der Waals surface area contributed by atoms with Gasteiger partial charge in [-0.3, -0.25) is 14.6 Å². The maximum absolute atomic E-state index is 14.9. The van der Waals surface area contributed by atoms with Crippen LogP contribution in [0.2, 0.25) is 0 Å². The molecule has 184 valence electrons. The van der Waals surface area contributed by atoms with E-state index in [1.165, 1.54) is 12.1 Å². The monoisotopic (exact) mass is 512 g/mol. The van der Waals surface area contributed by atoms with Crippen LogP contribution in [0.3, 0.4) is 0 Å². The number of nitrogens with zero attached hydrogens (tertiary/aromatic N) is 3. The average molecular weight is 513 g/mol. The fourth-order valence-corrected chi connectivity index (χ4v) is 4.84. The number of amides is 2. The van der Waals surface area contributed by atoms with Crippen LogP contribution >= 0.6 is 12.4 Å². The molecule has 1 unspecified atom stereocenters. The number of hydrogen-bond acceptors (Lipinski definition) is 4. The van der Waals surface area contributed by atoms with Gasteiger partial charge in [0.05, 0.1) is 16.9 Å². The maximum atomic E-state index is 14.9. The SMILES string of the molecule is Cl.O=C(/C=C/c1cccc2cccnc12)NC1N=C(c2ccccc2F)c2cccc3c2N(CC3)C1=O. The number of carbonyl (C=O) groups excluding carboxylic acids is 2. The number of fused-ring (bicyclic) bond motifs is 1. The molecule has 0 radical (unpaired) electrons. The van der Waals surface area contributed by atoms with Crippen LogP contribution in [0.5, 0.6) is 0 Å². The quantitative estimate of drug-likeness (QED) is 0.403. The summed E-state index contributed by atoms with van der Waals surface area (Å²) < 4.78 is 14.9. The number of pyridine rings is 1. The zero-order valence-electron chi connectivity index (χ0n) is 19.6. The highest BCUT2D eigenvalue weighted by Crippen LogP contribution is 2.36. The minimum Gasteiger partial charge on any atom is -0.323 e. The van der Waals surface area contributed by atoms with Gasteiger partial charge in [0.2, 0.25) is 12.1 Å². The largest absolute Gasteiger partial charge is 0.323 e. The van der Waals surface area contributed by atoms with Gasteiger partial charge in [-0.15, -0.1) is 12.4 Å². The summed E-state index contributed by atoms with van der Waals surface area (Å²) in [6, 6.07) is 21.5. The molecule has 2 amide bonds. The van der Waals surface area contributed by atoms with Gasteiger partial charge in [0.1, 0.15) is 5.82 Å². The Labute approximate surface area is 219 Å². The first-order valence-electron chi connectivity index (χ1n) is 11.7. The summed E-state index contributed by atoms with van der Waals surface area (Å²) >= 11 is 0. The second-order valence-electron chi connectivity index (χ2n) is 8.68. The van der Waals surface area contributed by atoms with E-state index in [4.69, 9.17) is 0 Å². The molecule has 3 heterocycles. The van der Waals surface area contributed by atoms with Crippen LogP contribution in [0.15, 0.2) is 90.1 Å². The third kappa shape index (κ3) is 4.38. The number of nitrogens with one attached hydrogen (secondary N) is 1. The number of aliphatic imine (C=N–C) groups is 1. The minimum absolute atomic E-state index is 0. The highest BCUT2D eigenvalue weighted by molar-refractivity contribution is 6.21. The molecule has 3 aromatic carbocycles. The molecule has 2 aliphatic heterocycles. The number of rotatable bonds is 4. The van der Waals surface area contributed by atoms with Gasteiger partial charge in [-0.2, -0.15) is 0 Å². The minimum atomic E-state index is -1.19. The van der Waals surface area contributed by atoms with Crippen LogP contribution < -0.4 is 10.2 Å². The zero-order chi connectivity index (χ0) is 24.6. The molecule has 6 nitrogen and oxygen atoms in total. The Morgan fingerprint density at radius 3 is 2.65 bits per heavy atom. The molecule has 8 heteroatoms. The van der Waals surface area contributed by atoms with E-state index >= 15 is 0 Å². The third-order valence-electron chi connectivity index (χ3n) is 6.49. The number of halogens is 2. The first-order valence-corrected chi connectivity index (χ1v) is 11.7. The lowest BCUT2D eigenvalue weighted by Crippen LogP contribution is -2.46. The van der Waals surface area contributed by atoms with Gasteiger partial charge in [0.15, 0.2) is 0 Å². The van der Waals surface area contributed by atoms with Gasteiger partial charge >= 0.3 is 0 Å². The second-order valence-corrected chi connectivity index (χ2v) is 8.68. The summed E-state index contributed by atoms with van der Waals surface area (Å²) in [6.07, 6.45) is 4.22. The van der Waals surface area contributed by atoms with Crippen LogP contribution in [-0.2, 0) is 16.0 Å². The van der Waals surface area contributed by atoms with Crippen LogP contribution in [0.4, 0.5) is 10.1 Å². The standard InChI is InChI=1S/C29H21FN4O2.ClH/c30-23-12-2-1-10-21(23)26-22-11-4-8-20-15-17-34(27(20)22)29(36)28(33-26)32-24(35)14-13-19-7-3-6-18-9-5-16-31-25(18)19;/h1-14,16,28H,15,17H2,(H,32,35);1H/b14-13+;. The summed E-state index contributed by atoms with van der Waals surface area (Å²) in [6.45, 7) is 0.481. The highest BCUT2D eigenvalue weighted by Gasteiger charge is 2.37. The summed E-state index contributed by atoms with van der Waals surface area (Å²) in [5.74, 6) is -1.27. The fraction of sp³-hybridized carbons (Fsp3) is 0.103. The van der Waals surface area contributed by atoms with Crippen molar-refractivity contribution in [1.29, 1.82) is 0 Å². The number of carbonyl (C=O) groups is 2. The van der Waals surface area contributed by atoms with Crippen molar-refractivity contribution in [3.63, 3.8) is 0 Å². The summed E-state index contributed by atoms with van der Waals surface area (Å²) in [5, 5.41) is 3.68. The van der Waals surface area contributed by atoms with Gasteiger partial charge in [0, 0.05) is 40.9 Å². The van der Waals surface area contributed by atoms with E-state index < -0.39 is 17.9 Å². The summed E-state index contributed by atoms with van der Waals surface area (Å²) in [4.78, 5) is 37.1. The first kappa shape index (κ1) is 24.3. The molecule has 0 saturated carbocycles. The summed E-state index contributed by atoms with van der Waals surface area (Å²) in [5.41, 5.74) is 4.59. The fourth-order valence-electron chi connectivity index (χ4n) is 4.84. The molecule has 0 fully saturated rings. The van der Waals surface area contributed by atoms with Crippen LogP contribution in [0, 0.1) is 5.82 Å². The number of aromatic nitrogens is 1. The van der Waals surface area contributed by atoms with Crippen LogP contribution in [0.25, 0.3) is 17.0 Å². The molecule has 1 atom stereocenters. The van der Waals surface area contributed by atoms with Crippen LogP contribution in [0.1, 0.15) is 22.3 Å². The lowest BCUT2D eigenvalue weighted by Gasteiger charge is -2.20. The molecule has 1 aromatic heterocycles. The number of anilines is 1. The van der Waals surface area contributed by atoms with Crippen LogP contribution in [-0.4, -0.2) is 35.2 Å². The second kappa shape index (κ2) is 9.95. The van der Waals surface area contributed by atoms with E-state index in [2.05, 4.69) is 15.3 Å². The molecule has 6 rings (SSSR count). The number of benzene rings is 3. The zero-order valence-corrected chi connectivity index (χ0v) is 20.4. The Hall–Kier alpha value is -4.36. The Morgan fingerprint density at radius 1 is 1.00 bits per heavy atom. The topological polar surface area (TPSA) is 74.7 Å². The van der Waals surface area contributed by atoms with E-state index in [0.717, 1.165) is 27.7 Å². The molecule has 0 aliphatic carbocycles. The molecule has 0 bridgehead atoms. The van der Waals surface area contributed by atoms with Crippen molar-refractivity contribution >= 4 is 52.6 Å². The molecule has 4 aromatic rings. The van der Waals surface area contributed by atoms with Gasteiger partial charge < -0.3 is 10.2 Å². The molecule has 1 N–H and O–H groups in total. The van der Waals surface area contributed by atoms with E-state index in [1.54, 1.807) is 35.4 Å². The van der Waals surface area contributed by atoms with Crippen molar-refractivity contribution in [3.05, 3.63) is 113 Å². The summed E-state index contributed by atoms with van der Waals surface area (Å²) in [7, 11) is 0. The average Bonchev–Trinajstić information content (AvgIpc) is 3.30. The molecule has 0 spiro atoms. The van der Waals surface area contributed by atoms with Gasteiger partial charge in [-0.25, -0.2) is 9.38 Å². The van der Waals surface area contributed by atoms with Crippen molar-refractivity contribution < 1.29 is 14.0 Å². The highest BCUT2D eigenvalue weighted by atomic mass is 35.5. The molecule has 0 saturated heterocycles. The van der Waals surface area contributed by atoms with E-state index in [-0.39, 0.29) is 23.9 Å². The van der Waals surface area contributed by atoms with Gasteiger partial charge in [-0.1, -0.05) is 54.6 Å². The normalized spacial score (nSPS) is 16.2. The Kier molecular flexibility index (Phi) is 6.54. The predicted octanol–water partition coefficient (Wildman–Crippen LogP) is 4.69. The lowest BCUT2D eigenvalue weighted by atomic mass is 9.98. The molecule has 2 aliphatic rings. The van der Waals surface area contributed by atoms with E-state index in [1.807, 2.05) is 48.5 Å². The number of para-hydroxylation sites is 2. The van der Waals surface area contributed by atoms with Crippen molar-refractivity contribution in [2.24, 2.45) is 4.99 Å².